The van der Waals surface area contributed by atoms with Gasteiger partial charge in [0.15, 0.2) is 0 Å². The van der Waals surface area contributed by atoms with Gasteiger partial charge in [0, 0.05) is 52.3 Å². The summed E-state index contributed by atoms with van der Waals surface area (Å²) in [6.07, 6.45) is 9.06. The first kappa shape index (κ1) is 30.5. The van der Waals surface area contributed by atoms with Crippen molar-refractivity contribution < 1.29 is 14.1 Å². The predicted molar refractivity (Wildman–Crippen MR) is 179 cm³/mol. The lowest BCUT2D eigenvalue weighted by Crippen LogP contribution is -2.14. The van der Waals surface area contributed by atoms with E-state index in [4.69, 9.17) is 27.5 Å². The van der Waals surface area contributed by atoms with Crippen molar-refractivity contribution in [1.82, 2.24) is 15.0 Å². The van der Waals surface area contributed by atoms with Crippen molar-refractivity contribution in [2.75, 3.05) is 22.9 Å². The number of anilines is 2. The third kappa shape index (κ3) is 6.81. The van der Waals surface area contributed by atoms with Crippen molar-refractivity contribution in [3.8, 4) is 16.9 Å². The Hall–Kier alpha value is -4.97. The Morgan fingerprint density at radius 3 is 2.55 bits per heavy atom. The van der Waals surface area contributed by atoms with E-state index in [1.54, 1.807) is 67.3 Å². The second-order valence-corrected chi connectivity index (χ2v) is 12.6. The first-order valence-electron chi connectivity index (χ1n) is 13.5. The highest BCUT2D eigenvalue weighted by molar-refractivity contribution is 8.29. The van der Waals surface area contributed by atoms with Crippen LogP contribution in [-0.4, -0.2) is 44.5 Å². The molecule has 1 amide bonds. The largest absolute Gasteiger partial charge is 0.493 e. The van der Waals surface area contributed by atoms with Crippen molar-refractivity contribution >= 4 is 62.2 Å². The number of amides is 1. The monoisotopic (exact) mass is 627 g/mol. The van der Waals surface area contributed by atoms with Crippen LogP contribution in [0.25, 0.3) is 27.7 Å². The van der Waals surface area contributed by atoms with E-state index in [-0.39, 0.29) is 5.91 Å². The summed E-state index contributed by atoms with van der Waals surface area (Å²) in [6, 6.07) is 19.3. The summed E-state index contributed by atoms with van der Waals surface area (Å²) in [4.78, 5) is 26.8. The molecule has 0 aliphatic rings. The van der Waals surface area contributed by atoms with E-state index in [1.165, 1.54) is 6.20 Å². The fraction of sp³-hybridized carbons (Fsp3) is 0.0938. The fourth-order valence-corrected chi connectivity index (χ4v) is 6.13. The minimum Gasteiger partial charge on any atom is -0.493 e. The summed E-state index contributed by atoms with van der Waals surface area (Å²) in [5.41, 5.74) is 11.1. The summed E-state index contributed by atoms with van der Waals surface area (Å²) < 4.78 is 20.8. The highest BCUT2D eigenvalue weighted by Gasteiger charge is 2.24. The average molecular weight is 628 g/mol. The third-order valence-electron chi connectivity index (χ3n) is 6.60. The third-order valence-corrected chi connectivity index (χ3v) is 8.66. The number of nitrogens with one attached hydrogen (secondary N) is 3. The van der Waals surface area contributed by atoms with Gasteiger partial charge in [0.1, 0.15) is 5.75 Å². The zero-order valence-corrected chi connectivity index (χ0v) is 25.5. The number of fused-ring (bicyclic) bond motifs is 1. The van der Waals surface area contributed by atoms with Crippen LogP contribution in [0.15, 0.2) is 96.4 Å². The van der Waals surface area contributed by atoms with Gasteiger partial charge in [-0.05, 0) is 83.6 Å². The van der Waals surface area contributed by atoms with Crippen LogP contribution in [0.4, 0.5) is 11.4 Å². The maximum atomic E-state index is 12.8. The normalized spacial score (nSPS) is 13.5. The van der Waals surface area contributed by atoms with Gasteiger partial charge < -0.3 is 30.5 Å². The number of benzene rings is 3. The molecule has 3 aromatic carbocycles. The number of carbonyl (C=O) groups excluding carboxylic acids is 1. The number of aromatic nitrogens is 3. The molecule has 0 bridgehead atoms. The van der Waals surface area contributed by atoms with Crippen LogP contribution in [0.1, 0.15) is 23.0 Å². The van der Waals surface area contributed by atoms with Crippen LogP contribution in [-0.2, 0) is 0 Å². The maximum absolute atomic E-state index is 12.8. The van der Waals surface area contributed by atoms with E-state index in [9.17, 15) is 9.35 Å². The van der Waals surface area contributed by atoms with Crippen LogP contribution in [0.3, 0.4) is 0 Å². The molecular weight excluding hydrogens is 598 g/mol. The molecule has 0 saturated carbocycles. The minimum atomic E-state index is -2.69. The van der Waals surface area contributed by atoms with E-state index in [0.717, 1.165) is 17.3 Å². The van der Waals surface area contributed by atoms with E-state index in [0.29, 0.717) is 61.5 Å². The zero-order valence-electron chi connectivity index (χ0n) is 23.9. The summed E-state index contributed by atoms with van der Waals surface area (Å²) in [7, 11) is -2.69. The molecule has 0 spiro atoms. The molecule has 0 fully saturated rings. The van der Waals surface area contributed by atoms with Crippen LogP contribution in [0, 0.1) is 5.41 Å². The molecule has 6 N–H and O–H groups in total. The second kappa shape index (κ2) is 13.1. The Labute approximate surface area is 261 Å². The van der Waals surface area contributed by atoms with Gasteiger partial charge >= 0.3 is 0 Å². The maximum Gasteiger partial charge on any atom is 0.255 e. The number of allylic oxidation sites excluding steroid dienone is 1. The van der Waals surface area contributed by atoms with E-state index in [1.807, 2.05) is 31.2 Å². The van der Waals surface area contributed by atoms with Crippen LogP contribution >= 0.6 is 22.1 Å². The molecule has 0 aliphatic heterocycles. The average Bonchev–Trinajstić information content (AvgIpc) is 3.02. The van der Waals surface area contributed by atoms with Crippen molar-refractivity contribution in [1.29, 1.82) is 5.41 Å². The van der Waals surface area contributed by atoms with E-state index in [2.05, 4.69) is 25.0 Å². The summed E-state index contributed by atoms with van der Waals surface area (Å²) in [5, 5.41) is 11.0. The Morgan fingerprint density at radius 1 is 1.02 bits per heavy atom. The first-order valence-corrected chi connectivity index (χ1v) is 15.9. The van der Waals surface area contributed by atoms with Gasteiger partial charge in [-0.25, -0.2) is 4.98 Å². The van der Waals surface area contributed by atoms with Crippen LogP contribution in [0.2, 0.25) is 5.02 Å². The Kier molecular flexibility index (Phi) is 9.09. The van der Waals surface area contributed by atoms with Gasteiger partial charge in [-0.3, -0.25) is 14.8 Å². The Morgan fingerprint density at radius 2 is 1.82 bits per heavy atom. The number of carbonyl (C=O) groups is 1. The number of halogens is 1. The molecule has 44 heavy (non-hydrogen) atoms. The molecular formula is C32H30ClN7O3S. The van der Waals surface area contributed by atoms with Crippen LogP contribution < -0.4 is 20.5 Å². The molecule has 0 saturated heterocycles. The molecule has 0 radical (unpaired) electrons. The molecule has 1 atom stereocenters. The first-order chi connectivity index (χ1) is 21.2. The SMILES string of the molecule is CCOc1ccc(NC(=O)c2ccc(Cl)cc2)cc1S(C)(O)Nc1cncc(-c2ccc3ncc(/C(C=N)=C/N)nc3c2)c1. The van der Waals surface area contributed by atoms with Crippen molar-refractivity contribution in [2.24, 2.45) is 5.73 Å². The molecule has 2 aromatic heterocycles. The van der Waals surface area contributed by atoms with Gasteiger partial charge in [0.25, 0.3) is 5.91 Å². The van der Waals surface area contributed by atoms with Gasteiger partial charge in [0.2, 0.25) is 0 Å². The number of ether oxygens (including phenoxy) is 1. The number of hydrogen-bond acceptors (Lipinski definition) is 9. The second-order valence-electron chi connectivity index (χ2n) is 9.72. The summed E-state index contributed by atoms with van der Waals surface area (Å²) >= 11 is 5.96. The Balaban J connectivity index is 1.43. The minimum absolute atomic E-state index is 0.309. The number of nitrogens with zero attached hydrogens (tertiary/aromatic N) is 3. The standard InChI is InChI=1S/C32H30ClN7O3S/c1-3-43-30-11-9-25(38-32(41)20-4-7-24(33)8-5-20)14-31(30)44(2,42)40-26-12-22(17-36-18-26)21-6-10-27-28(13-21)39-29(19-37-27)23(15-34)16-35/h4-19,34,40,42H,3,35H2,1-2H3,(H,38,41)/b23-16+,34-15?. The molecule has 10 nitrogen and oxygen atoms in total. The predicted octanol–water partition coefficient (Wildman–Crippen LogP) is 7.24. The molecule has 5 aromatic rings. The lowest BCUT2D eigenvalue weighted by molar-refractivity contribution is 0.102. The molecule has 2 heterocycles. The molecule has 224 valence electrons. The highest BCUT2D eigenvalue weighted by Crippen LogP contribution is 2.53. The number of rotatable bonds is 10. The van der Waals surface area contributed by atoms with E-state index >= 15 is 0 Å². The van der Waals surface area contributed by atoms with Crippen molar-refractivity contribution in [2.45, 2.75) is 11.8 Å². The zero-order chi connectivity index (χ0) is 31.3. The van der Waals surface area contributed by atoms with Crippen LogP contribution in [0.5, 0.6) is 5.75 Å². The Bertz CT molecular complexity index is 1880. The van der Waals surface area contributed by atoms with Gasteiger partial charge in [-0.1, -0.05) is 17.7 Å². The van der Waals surface area contributed by atoms with Gasteiger partial charge in [-0.15, -0.1) is 0 Å². The number of hydrogen-bond donors (Lipinski definition) is 5. The summed E-state index contributed by atoms with van der Waals surface area (Å²) in [6.45, 7) is 2.26. The molecule has 1 unspecified atom stereocenters. The fourth-order valence-electron chi connectivity index (χ4n) is 4.45. The number of nitrogens with two attached hydrogens (primary N) is 1. The molecule has 5 rings (SSSR count). The number of pyridine rings is 1. The topological polar surface area (TPSA) is 159 Å². The summed E-state index contributed by atoms with van der Waals surface area (Å²) in [5.74, 6) is 0.185. The highest BCUT2D eigenvalue weighted by atomic mass is 35.5. The van der Waals surface area contributed by atoms with Crippen molar-refractivity contribution in [3.05, 3.63) is 108 Å². The smallest absolute Gasteiger partial charge is 0.255 e. The van der Waals surface area contributed by atoms with E-state index < -0.39 is 10.5 Å². The van der Waals surface area contributed by atoms with Gasteiger partial charge in [-0.2, -0.15) is 0 Å². The van der Waals surface area contributed by atoms with Gasteiger partial charge in [0.05, 0.1) is 46.3 Å². The quantitative estimate of drug-likeness (QED) is 0.101. The molecule has 12 heteroatoms. The lowest BCUT2D eigenvalue weighted by Gasteiger charge is -2.33. The lowest BCUT2D eigenvalue weighted by atomic mass is 10.1. The molecule has 0 aliphatic carbocycles. The van der Waals surface area contributed by atoms with Crippen molar-refractivity contribution in [3.63, 3.8) is 0 Å².